The first kappa shape index (κ1) is 17.9. The first-order valence-electron chi connectivity index (χ1n) is 8.93. The van der Waals surface area contributed by atoms with Gasteiger partial charge >= 0.3 is 0 Å². The van der Waals surface area contributed by atoms with Gasteiger partial charge < -0.3 is 9.47 Å². The van der Waals surface area contributed by atoms with Crippen molar-refractivity contribution in [1.29, 1.82) is 0 Å². The lowest BCUT2D eigenvalue weighted by Gasteiger charge is -2.26. The molecule has 2 aliphatic rings. The summed E-state index contributed by atoms with van der Waals surface area (Å²) >= 11 is 0. The average Bonchev–Trinajstić information content (AvgIpc) is 3.00. The van der Waals surface area contributed by atoms with Crippen molar-refractivity contribution in [3.05, 3.63) is 23.9 Å². The first-order valence-corrected chi connectivity index (χ1v) is 10.4. The Morgan fingerprint density at radius 2 is 2.00 bits per heavy atom. The molecule has 1 unspecified atom stereocenters. The van der Waals surface area contributed by atoms with E-state index in [4.69, 9.17) is 14.6 Å². The molecule has 0 radical (unpaired) electrons. The van der Waals surface area contributed by atoms with E-state index in [0.29, 0.717) is 31.9 Å². The lowest BCUT2D eigenvalue weighted by Crippen LogP contribution is -2.35. The zero-order chi connectivity index (χ0) is 18.1. The maximum absolute atomic E-state index is 11.6. The molecule has 142 valence electrons. The summed E-state index contributed by atoms with van der Waals surface area (Å²) in [5, 5.41) is 5.65. The molecule has 1 atom stereocenters. The fourth-order valence-corrected chi connectivity index (χ4v) is 4.07. The first-order chi connectivity index (χ1) is 12.5. The van der Waals surface area contributed by atoms with Crippen molar-refractivity contribution in [2.45, 2.75) is 36.9 Å². The van der Waals surface area contributed by atoms with Crippen LogP contribution in [-0.4, -0.2) is 60.6 Å². The Kier molecular flexibility index (Phi) is 4.98. The summed E-state index contributed by atoms with van der Waals surface area (Å²) in [6.07, 6.45) is 2.69. The van der Waals surface area contributed by atoms with E-state index >= 15 is 0 Å². The summed E-state index contributed by atoms with van der Waals surface area (Å²) in [7, 11) is -4.27. The van der Waals surface area contributed by atoms with Crippen LogP contribution in [0.5, 0.6) is 0 Å². The molecule has 9 heteroatoms. The van der Waals surface area contributed by atoms with E-state index in [1.165, 1.54) is 12.1 Å². The van der Waals surface area contributed by atoms with Gasteiger partial charge in [-0.1, -0.05) is 0 Å². The molecule has 1 aromatic heterocycles. The Morgan fingerprint density at radius 1 is 1.19 bits per heavy atom. The van der Waals surface area contributed by atoms with Gasteiger partial charge in [-0.2, -0.15) is 13.5 Å². The molecule has 0 spiro atoms. The number of morpholine rings is 1. The lowest BCUT2D eigenvalue weighted by atomic mass is 10.1. The zero-order valence-corrected chi connectivity index (χ0v) is 15.3. The maximum Gasteiger partial charge on any atom is 0.294 e. The second kappa shape index (κ2) is 7.24. The van der Waals surface area contributed by atoms with Gasteiger partial charge in [-0.15, -0.1) is 0 Å². The highest BCUT2D eigenvalue weighted by atomic mass is 32.2. The number of hydrogen-bond acceptors (Lipinski definition) is 6. The van der Waals surface area contributed by atoms with E-state index in [1.807, 2.05) is 0 Å². The molecular formula is C17H23N3O5S. The predicted octanol–water partition coefficient (Wildman–Crippen LogP) is 1.81. The van der Waals surface area contributed by atoms with Gasteiger partial charge in [0.1, 0.15) is 0 Å². The van der Waals surface area contributed by atoms with E-state index in [9.17, 15) is 13.0 Å². The van der Waals surface area contributed by atoms with Crippen LogP contribution in [0.2, 0.25) is 0 Å². The smallest absolute Gasteiger partial charge is 0.294 e. The van der Waals surface area contributed by atoms with Crippen molar-refractivity contribution in [1.82, 2.24) is 14.7 Å². The van der Waals surface area contributed by atoms with Crippen LogP contribution in [0, 0.1) is 0 Å². The fraction of sp³-hybridized carbons (Fsp3) is 0.588. The Hall–Kier alpha value is -1.52. The largest absolute Gasteiger partial charge is 0.379 e. The van der Waals surface area contributed by atoms with Gasteiger partial charge in [-0.05, 0) is 37.5 Å². The van der Waals surface area contributed by atoms with Crippen molar-refractivity contribution in [2.24, 2.45) is 0 Å². The van der Waals surface area contributed by atoms with Crippen LogP contribution < -0.4 is 0 Å². The highest BCUT2D eigenvalue weighted by Crippen LogP contribution is 2.30. The maximum atomic E-state index is 11.6. The third-order valence-corrected chi connectivity index (χ3v) is 5.81. The van der Waals surface area contributed by atoms with Gasteiger partial charge in [0.15, 0.2) is 6.23 Å². The zero-order valence-electron chi connectivity index (χ0n) is 14.5. The highest BCUT2D eigenvalue weighted by molar-refractivity contribution is 7.85. The van der Waals surface area contributed by atoms with Crippen molar-refractivity contribution in [3.8, 4) is 0 Å². The minimum absolute atomic E-state index is 0.125. The molecule has 0 amide bonds. The Balaban J connectivity index is 1.76. The molecular weight excluding hydrogens is 358 g/mol. The molecule has 26 heavy (non-hydrogen) atoms. The molecule has 0 saturated carbocycles. The fourth-order valence-electron chi connectivity index (χ4n) is 3.57. The van der Waals surface area contributed by atoms with E-state index in [1.54, 1.807) is 10.7 Å². The van der Waals surface area contributed by atoms with Gasteiger partial charge in [0.2, 0.25) is 0 Å². The van der Waals surface area contributed by atoms with E-state index < -0.39 is 10.1 Å². The van der Waals surface area contributed by atoms with Crippen LogP contribution in [0.15, 0.2) is 23.1 Å². The van der Waals surface area contributed by atoms with E-state index in [0.717, 1.165) is 43.4 Å². The number of aromatic nitrogens is 2. The van der Waals surface area contributed by atoms with Gasteiger partial charge in [0, 0.05) is 31.6 Å². The predicted molar refractivity (Wildman–Crippen MR) is 94.5 cm³/mol. The van der Waals surface area contributed by atoms with Gasteiger partial charge in [-0.25, -0.2) is 4.68 Å². The molecule has 3 heterocycles. The van der Waals surface area contributed by atoms with Crippen LogP contribution >= 0.6 is 0 Å². The quantitative estimate of drug-likeness (QED) is 0.807. The molecule has 2 fully saturated rings. The number of nitrogens with zero attached hydrogens (tertiary/aromatic N) is 3. The second-order valence-corrected chi connectivity index (χ2v) is 8.18. The normalized spacial score (nSPS) is 22.7. The summed E-state index contributed by atoms with van der Waals surface area (Å²) < 4.78 is 45.6. The van der Waals surface area contributed by atoms with Gasteiger partial charge in [0.05, 0.1) is 29.3 Å². The summed E-state index contributed by atoms with van der Waals surface area (Å²) in [6.45, 7) is 4.44. The number of fused-ring (bicyclic) bond motifs is 1. The summed E-state index contributed by atoms with van der Waals surface area (Å²) in [5.41, 5.74) is 1.56. The van der Waals surface area contributed by atoms with Crippen LogP contribution in [-0.2, 0) is 26.1 Å². The Labute approximate surface area is 152 Å². The van der Waals surface area contributed by atoms with E-state index in [2.05, 4.69) is 4.90 Å². The SMILES string of the molecule is O=S(=O)(O)c1ccc2c(CN3CCOCC3)nn(C3CCCCO3)c2c1. The Morgan fingerprint density at radius 3 is 2.69 bits per heavy atom. The molecule has 1 N–H and O–H groups in total. The molecule has 1 aromatic carbocycles. The van der Waals surface area contributed by atoms with Gasteiger partial charge in [-0.3, -0.25) is 9.45 Å². The van der Waals surface area contributed by atoms with Crippen LogP contribution in [0.25, 0.3) is 10.9 Å². The molecule has 2 aliphatic heterocycles. The highest BCUT2D eigenvalue weighted by Gasteiger charge is 2.24. The standard InChI is InChI=1S/C17H23N3O5S/c21-26(22,23)13-4-5-14-15(12-19-6-9-24-10-7-19)18-20(16(14)11-13)17-3-1-2-8-25-17/h4-5,11,17H,1-3,6-10,12H2,(H,21,22,23). The molecule has 2 aromatic rings. The average molecular weight is 381 g/mol. The van der Waals surface area contributed by atoms with Crippen molar-refractivity contribution in [2.75, 3.05) is 32.9 Å². The number of rotatable bonds is 4. The molecule has 0 bridgehead atoms. The van der Waals surface area contributed by atoms with Gasteiger partial charge in [0.25, 0.3) is 10.1 Å². The summed E-state index contributed by atoms with van der Waals surface area (Å²) in [6, 6.07) is 4.63. The minimum atomic E-state index is -4.27. The third-order valence-electron chi connectivity index (χ3n) is 4.96. The lowest BCUT2D eigenvalue weighted by molar-refractivity contribution is -0.0371. The van der Waals surface area contributed by atoms with Crippen LogP contribution in [0.3, 0.4) is 0 Å². The minimum Gasteiger partial charge on any atom is -0.379 e. The van der Waals surface area contributed by atoms with Crippen molar-refractivity contribution < 1.29 is 22.4 Å². The van der Waals surface area contributed by atoms with Crippen LogP contribution in [0.1, 0.15) is 31.2 Å². The van der Waals surface area contributed by atoms with Crippen molar-refractivity contribution >= 4 is 21.0 Å². The van der Waals surface area contributed by atoms with E-state index in [-0.39, 0.29) is 11.1 Å². The second-order valence-electron chi connectivity index (χ2n) is 6.76. The topological polar surface area (TPSA) is 93.9 Å². The number of hydrogen-bond donors (Lipinski definition) is 1. The molecule has 0 aliphatic carbocycles. The number of ether oxygens (including phenoxy) is 2. The third kappa shape index (κ3) is 3.63. The Bertz CT molecular complexity index is 883. The summed E-state index contributed by atoms with van der Waals surface area (Å²) in [4.78, 5) is 2.15. The van der Waals surface area contributed by atoms with Crippen molar-refractivity contribution in [3.63, 3.8) is 0 Å². The molecule has 2 saturated heterocycles. The van der Waals surface area contributed by atoms with Crippen LogP contribution in [0.4, 0.5) is 0 Å². The number of benzene rings is 1. The molecule has 4 rings (SSSR count). The monoisotopic (exact) mass is 381 g/mol. The molecule has 8 nitrogen and oxygen atoms in total. The summed E-state index contributed by atoms with van der Waals surface area (Å²) in [5.74, 6) is 0.